The average molecular weight is 607 g/mol. The Hall–Kier alpha value is -3.58. The van der Waals surface area contributed by atoms with E-state index in [0.717, 1.165) is 28.1 Å². The first-order chi connectivity index (χ1) is 20.0. The van der Waals surface area contributed by atoms with E-state index in [1.54, 1.807) is 11.1 Å². The summed E-state index contributed by atoms with van der Waals surface area (Å²) in [6.45, 7) is 1.76. The minimum atomic E-state index is -4.57. The van der Waals surface area contributed by atoms with E-state index in [1.807, 2.05) is 12.1 Å². The summed E-state index contributed by atoms with van der Waals surface area (Å²) >= 11 is 6.95. The summed E-state index contributed by atoms with van der Waals surface area (Å²) in [7, 11) is 0. The number of carbonyl (C=O) groups excluding carboxylic acids is 3. The highest BCUT2D eigenvalue weighted by molar-refractivity contribution is 6.24. The van der Waals surface area contributed by atoms with Crippen LogP contribution in [0.25, 0.3) is 10.9 Å². The highest BCUT2D eigenvalue weighted by Crippen LogP contribution is 2.38. The third kappa shape index (κ3) is 5.59. The van der Waals surface area contributed by atoms with Crippen LogP contribution in [0.15, 0.2) is 41.8 Å². The van der Waals surface area contributed by atoms with Crippen LogP contribution >= 0.6 is 11.6 Å². The maximum absolute atomic E-state index is 13.2. The number of urea groups is 1. The number of carbonyl (C=O) groups is 3. The molecule has 1 unspecified atom stereocenters. The van der Waals surface area contributed by atoms with Crippen LogP contribution in [0.2, 0.25) is 0 Å². The van der Waals surface area contributed by atoms with Crippen LogP contribution in [-0.2, 0) is 22.5 Å². The molecule has 1 aliphatic carbocycles. The van der Waals surface area contributed by atoms with E-state index in [9.17, 15) is 27.6 Å². The molecule has 6 rings (SSSR count). The van der Waals surface area contributed by atoms with Crippen molar-refractivity contribution >= 4 is 40.4 Å². The van der Waals surface area contributed by atoms with Crippen molar-refractivity contribution in [1.29, 1.82) is 0 Å². The summed E-state index contributed by atoms with van der Waals surface area (Å²) in [5.41, 5.74) is 3.63. The minimum absolute atomic E-state index is 0.0132. The maximum Gasteiger partial charge on any atom is 0.410 e. The Morgan fingerprint density at radius 2 is 1.95 bits per heavy atom. The molecule has 4 heterocycles. The molecule has 1 fully saturated rings. The number of allylic oxidation sites excluding steroid dienone is 3. The van der Waals surface area contributed by atoms with E-state index >= 15 is 0 Å². The van der Waals surface area contributed by atoms with Crippen molar-refractivity contribution in [2.45, 2.75) is 55.9 Å². The second kappa shape index (κ2) is 10.9. The number of alkyl halides is 4. The zero-order chi connectivity index (χ0) is 29.6. The number of rotatable bonds is 3. The number of hydrogen-bond acceptors (Lipinski definition) is 6. The van der Waals surface area contributed by atoms with Crippen molar-refractivity contribution in [3.63, 3.8) is 0 Å². The number of amides is 3. The largest absolute Gasteiger partial charge is 0.444 e. The fourth-order valence-corrected chi connectivity index (χ4v) is 6.60. The Labute approximate surface area is 244 Å². The van der Waals surface area contributed by atoms with Crippen molar-refractivity contribution in [3.8, 4) is 0 Å². The van der Waals surface area contributed by atoms with E-state index in [1.165, 1.54) is 11.0 Å². The van der Waals surface area contributed by atoms with Crippen LogP contribution in [0.5, 0.6) is 0 Å². The number of nitrogens with zero attached hydrogens (tertiary/aromatic N) is 3. The number of likely N-dealkylation sites (tertiary alicyclic amines) is 1. The van der Waals surface area contributed by atoms with Gasteiger partial charge in [-0.3, -0.25) is 9.89 Å². The molecule has 0 spiro atoms. The number of piperidine rings is 1. The highest BCUT2D eigenvalue weighted by Gasteiger charge is 2.45. The van der Waals surface area contributed by atoms with Gasteiger partial charge in [0.1, 0.15) is 11.1 Å². The quantitative estimate of drug-likeness (QED) is 0.357. The summed E-state index contributed by atoms with van der Waals surface area (Å²) in [6, 6.07) is 3.32. The van der Waals surface area contributed by atoms with E-state index in [2.05, 4.69) is 20.8 Å². The molecule has 1 aromatic heterocycles. The van der Waals surface area contributed by atoms with Crippen molar-refractivity contribution in [3.05, 3.63) is 52.9 Å². The number of ether oxygens (including phenoxy) is 1. The second-order valence-electron chi connectivity index (χ2n) is 11.2. The predicted molar refractivity (Wildman–Crippen MR) is 146 cm³/mol. The van der Waals surface area contributed by atoms with Crippen LogP contribution in [0, 0.1) is 5.92 Å². The van der Waals surface area contributed by atoms with Crippen molar-refractivity contribution in [1.82, 2.24) is 30.6 Å². The summed E-state index contributed by atoms with van der Waals surface area (Å²) in [5.74, 6) is -2.19. The lowest BCUT2D eigenvalue weighted by Crippen LogP contribution is -2.57. The van der Waals surface area contributed by atoms with Gasteiger partial charge in [-0.25, -0.2) is 9.59 Å². The van der Waals surface area contributed by atoms with Gasteiger partial charge >= 0.3 is 18.3 Å². The number of halogens is 4. The van der Waals surface area contributed by atoms with Gasteiger partial charge in [0.15, 0.2) is 5.78 Å². The molecule has 0 radical (unpaired) electrons. The summed E-state index contributed by atoms with van der Waals surface area (Å²) in [6.07, 6.45) is -1.09. The molecule has 1 aromatic carbocycles. The standard InChI is InChI=1S/C28H30ClF3N6O4/c29-27(38-8-5-16-2-4-23(39)19(12-28(30,31)32)24(16)35-25(38)40)6-9-37(10-7-27)26(41)42-18-11-17-1-3-22-21(15-34-36-22)20(17)14-33-13-18/h1-4,15,18-19,33H,5-14H2,(H,34,36)(H,35,40)/t18-,19?/m1/s1. The van der Waals surface area contributed by atoms with E-state index in [0.29, 0.717) is 25.1 Å². The van der Waals surface area contributed by atoms with Crippen LogP contribution in [0.4, 0.5) is 22.8 Å². The van der Waals surface area contributed by atoms with Gasteiger partial charge in [0.2, 0.25) is 0 Å². The first-order valence-corrected chi connectivity index (χ1v) is 14.3. The second-order valence-corrected chi connectivity index (χ2v) is 11.9. The van der Waals surface area contributed by atoms with Crippen molar-refractivity contribution < 1.29 is 32.3 Å². The zero-order valence-corrected chi connectivity index (χ0v) is 23.4. The Morgan fingerprint density at radius 1 is 1.17 bits per heavy atom. The van der Waals surface area contributed by atoms with Crippen LogP contribution < -0.4 is 10.6 Å². The van der Waals surface area contributed by atoms with E-state index in [-0.39, 0.29) is 50.7 Å². The number of aromatic nitrogens is 2. The molecule has 3 amide bonds. The monoisotopic (exact) mass is 606 g/mol. The normalized spacial score (nSPS) is 24.6. The van der Waals surface area contributed by atoms with Gasteiger partial charge in [-0.2, -0.15) is 18.3 Å². The molecular formula is C28H30ClF3N6O4. The van der Waals surface area contributed by atoms with Gasteiger partial charge in [0.25, 0.3) is 0 Å². The van der Waals surface area contributed by atoms with E-state index in [4.69, 9.17) is 16.3 Å². The zero-order valence-electron chi connectivity index (χ0n) is 22.6. The number of ketones is 1. The lowest BCUT2D eigenvalue weighted by atomic mass is 9.87. The molecule has 14 heteroatoms. The molecule has 0 bridgehead atoms. The molecule has 2 aromatic rings. The number of hydrogen-bond donors (Lipinski definition) is 3. The van der Waals surface area contributed by atoms with Gasteiger partial charge in [0, 0.05) is 63.1 Å². The SMILES string of the molecule is O=C1C=CC2=C(NC(=O)N(C3(Cl)CCN(C(=O)O[C@H]4CNCc5c(ccc6[nH]ncc56)C4)CC3)CC2)C1CC(F)(F)F. The molecule has 1 saturated heterocycles. The fraction of sp³-hybridized carbons (Fsp3) is 0.500. The smallest absolute Gasteiger partial charge is 0.410 e. The summed E-state index contributed by atoms with van der Waals surface area (Å²) in [4.78, 5) is 40.4. The molecule has 42 heavy (non-hydrogen) atoms. The van der Waals surface area contributed by atoms with E-state index < -0.39 is 41.4 Å². The molecule has 2 atom stereocenters. The van der Waals surface area contributed by atoms with Crippen LogP contribution in [-0.4, -0.2) is 81.4 Å². The molecule has 3 N–H and O–H groups in total. The van der Waals surface area contributed by atoms with Gasteiger partial charge in [-0.05, 0) is 35.3 Å². The number of fused-ring (bicyclic) bond motifs is 3. The lowest BCUT2D eigenvalue weighted by molar-refractivity contribution is -0.149. The summed E-state index contributed by atoms with van der Waals surface area (Å²) in [5, 5.41) is 14.0. The maximum atomic E-state index is 13.2. The molecule has 0 saturated carbocycles. The van der Waals surface area contributed by atoms with Crippen molar-refractivity contribution in [2.24, 2.45) is 5.92 Å². The average Bonchev–Trinajstić information content (AvgIpc) is 3.22. The minimum Gasteiger partial charge on any atom is -0.444 e. The summed E-state index contributed by atoms with van der Waals surface area (Å²) < 4.78 is 45.4. The third-order valence-electron chi connectivity index (χ3n) is 8.51. The van der Waals surface area contributed by atoms with Gasteiger partial charge in [0.05, 0.1) is 24.1 Å². The predicted octanol–water partition coefficient (Wildman–Crippen LogP) is 4.12. The van der Waals surface area contributed by atoms with Gasteiger partial charge in [-0.1, -0.05) is 23.7 Å². The fourth-order valence-electron chi connectivity index (χ4n) is 6.27. The molecule has 4 aliphatic rings. The Morgan fingerprint density at radius 3 is 2.71 bits per heavy atom. The number of nitrogens with one attached hydrogen (secondary N) is 3. The van der Waals surface area contributed by atoms with Crippen LogP contribution in [0.1, 0.15) is 36.8 Å². The number of aromatic amines is 1. The Kier molecular flexibility index (Phi) is 7.42. The first kappa shape index (κ1) is 28.5. The van der Waals surface area contributed by atoms with Gasteiger partial charge in [-0.15, -0.1) is 0 Å². The highest BCUT2D eigenvalue weighted by atomic mass is 35.5. The Balaban J connectivity index is 1.07. The number of benzene rings is 1. The van der Waals surface area contributed by atoms with Gasteiger partial charge < -0.3 is 25.2 Å². The molecular weight excluding hydrogens is 577 g/mol. The molecule has 3 aliphatic heterocycles. The number of H-pyrrole nitrogens is 1. The lowest BCUT2D eigenvalue weighted by Gasteiger charge is -2.44. The molecule has 224 valence electrons. The van der Waals surface area contributed by atoms with Crippen LogP contribution in [0.3, 0.4) is 0 Å². The van der Waals surface area contributed by atoms with Crippen molar-refractivity contribution in [2.75, 3.05) is 26.2 Å². The topological polar surface area (TPSA) is 120 Å². The third-order valence-corrected chi connectivity index (χ3v) is 9.09. The molecule has 10 nitrogen and oxygen atoms in total. The Bertz CT molecular complexity index is 1480. The first-order valence-electron chi connectivity index (χ1n) is 13.9.